The first-order valence-electron chi connectivity index (χ1n) is 11.7. The first-order valence-corrected chi connectivity index (χ1v) is 12.1. The van der Waals surface area contributed by atoms with Crippen molar-refractivity contribution in [3.63, 3.8) is 0 Å². The predicted molar refractivity (Wildman–Crippen MR) is 133 cm³/mol. The molecule has 0 radical (unpaired) electrons. The lowest BCUT2D eigenvalue weighted by atomic mass is 9.81. The smallest absolute Gasteiger partial charge is 0.221 e. The van der Waals surface area contributed by atoms with Crippen molar-refractivity contribution in [1.29, 1.82) is 0 Å². The van der Waals surface area contributed by atoms with Crippen molar-refractivity contribution in [3.8, 4) is 0 Å². The molecule has 1 amide bonds. The molecule has 33 heavy (non-hydrogen) atoms. The topological polar surface area (TPSA) is 81.7 Å². The van der Waals surface area contributed by atoms with Crippen molar-refractivity contribution >= 4 is 34.8 Å². The molecule has 1 aromatic rings. The molecule has 186 valence electrons. The Morgan fingerprint density at radius 3 is 1.73 bits per heavy atom. The average molecular weight is 482 g/mol. The zero-order valence-electron chi connectivity index (χ0n) is 21.2. The Bertz CT molecular complexity index is 832. The van der Waals surface area contributed by atoms with E-state index in [0.717, 1.165) is 25.7 Å². The maximum atomic E-state index is 13.4. The number of ether oxygens (including phenoxy) is 2. The second kappa shape index (κ2) is 13.2. The van der Waals surface area contributed by atoms with E-state index in [1.54, 1.807) is 27.7 Å². The highest BCUT2D eigenvalue weighted by Gasteiger charge is 2.34. The molecular weight excluding hydrogens is 442 g/mol. The summed E-state index contributed by atoms with van der Waals surface area (Å²) < 4.78 is 11.4. The van der Waals surface area contributed by atoms with Crippen molar-refractivity contribution in [2.45, 2.75) is 74.1 Å². The van der Waals surface area contributed by atoms with Crippen LogP contribution in [0.15, 0.2) is 12.1 Å². The molecule has 0 aromatic heterocycles. The van der Waals surface area contributed by atoms with Crippen LogP contribution in [0.2, 0.25) is 5.02 Å². The van der Waals surface area contributed by atoms with Gasteiger partial charge < -0.3 is 14.8 Å². The number of amides is 1. The van der Waals surface area contributed by atoms with Gasteiger partial charge >= 0.3 is 0 Å². The first kappa shape index (κ1) is 29.3. The van der Waals surface area contributed by atoms with Gasteiger partial charge in [-0.2, -0.15) is 0 Å². The molecular formula is C26H40ClNO5. The van der Waals surface area contributed by atoms with E-state index in [1.165, 1.54) is 19.1 Å². The SMILES string of the molecule is CCCCOCC(C)(C)C(=O)c1cc(NC(C)=O)c(C(=O)C(C)(C)COCCCC)cc1Cl. The minimum absolute atomic E-state index is 0.168. The summed E-state index contributed by atoms with van der Waals surface area (Å²) in [5.74, 6) is -0.772. The highest BCUT2D eigenvalue weighted by Crippen LogP contribution is 2.34. The summed E-state index contributed by atoms with van der Waals surface area (Å²) in [6, 6.07) is 2.98. The molecule has 6 nitrogen and oxygen atoms in total. The summed E-state index contributed by atoms with van der Waals surface area (Å²) in [5, 5.41) is 2.86. The average Bonchev–Trinajstić information content (AvgIpc) is 2.74. The Kier molecular flexibility index (Phi) is 11.7. The Morgan fingerprint density at radius 1 is 0.848 bits per heavy atom. The van der Waals surface area contributed by atoms with Gasteiger partial charge in [0.25, 0.3) is 0 Å². The second-order valence-corrected chi connectivity index (χ2v) is 10.2. The van der Waals surface area contributed by atoms with Gasteiger partial charge in [-0.3, -0.25) is 14.4 Å². The van der Waals surface area contributed by atoms with E-state index in [9.17, 15) is 14.4 Å². The Hall–Kier alpha value is -1.76. The number of halogens is 1. The van der Waals surface area contributed by atoms with Gasteiger partial charge in [-0.05, 0) is 25.0 Å². The standard InChI is InChI=1S/C26H40ClNO5/c1-8-10-12-32-16-25(4,5)23(30)19-15-22(28-18(3)29)20(14-21(19)27)24(31)26(6,7)17-33-13-11-9-2/h14-15H,8-13,16-17H2,1-7H3,(H,28,29). The van der Waals surface area contributed by atoms with Crippen molar-refractivity contribution in [2.75, 3.05) is 31.7 Å². The molecule has 0 aliphatic heterocycles. The van der Waals surface area contributed by atoms with Crippen molar-refractivity contribution in [2.24, 2.45) is 10.8 Å². The molecule has 0 atom stereocenters. The number of hydrogen-bond donors (Lipinski definition) is 1. The molecule has 0 bridgehead atoms. The van der Waals surface area contributed by atoms with Crippen molar-refractivity contribution in [3.05, 3.63) is 28.3 Å². The maximum absolute atomic E-state index is 13.4. The van der Waals surface area contributed by atoms with E-state index in [-0.39, 0.29) is 52.5 Å². The van der Waals surface area contributed by atoms with Gasteiger partial charge in [0.2, 0.25) is 5.91 Å². The van der Waals surface area contributed by atoms with Gasteiger partial charge in [-0.1, -0.05) is 66.0 Å². The number of ketones is 2. The molecule has 0 saturated carbocycles. The minimum atomic E-state index is -0.831. The lowest BCUT2D eigenvalue weighted by Gasteiger charge is -2.26. The van der Waals surface area contributed by atoms with E-state index in [4.69, 9.17) is 21.1 Å². The fourth-order valence-electron chi connectivity index (χ4n) is 3.24. The molecule has 0 saturated heterocycles. The monoisotopic (exact) mass is 481 g/mol. The van der Waals surface area contributed by atoms with Crippen LogP contribution >= 0.6 is 11.6 Å². The Balaban J connectivity index is 3.25. The number of anilines is 1. The van der Waals surface area contributed by atoms with Gasteiger partial charge in [0.1, 0.15) is 0 Å². The first-order chi connectivity index (χ1) is 15.4. The van der Waals surface area contributed by atoms with Crippen molar-refractivity contribution in [1.82, 2.24) is 0 Å². The molecule has 0 spiro atoms. The van der Waals surface area contributed by atoms with E-state index in [0.29, 0.717) is 13.2 Å². The third-order valence-corrected chi connectivity index (χ3v) is 5.66. The van der Waals surface area contributed by atoms with Crippen LogP contribution in [-0.4, -0.2) is 43.9 Å². The van der Waals surface area contributed by atoms with Gasteiger partial charge in [-0.15, -0.1) is 0 Å². The van der Waals surface area contributed by atoms with Gasteiger partial charge in [-0.25, -0.2) is 0 Å². The van der Waals surface area contributed by atoms with E-state index < -0.39 is 10.8 Å². The lowest BCUT2D eigenvalue weighted by molar-refractivity contribution is -0.114. The summed E-state index contributed by atoms with van der Waals surface area (Å²) in [6.07, 6.45) is 3.86. The molecule has 7 heteroatoms. The van der Waals surface area contributed by atoms with Gasteiger partial charge in [0.05, 0.1) is 34.8 Å². The maximum Gasteiger partial charge on any atom is 0.221 e. The molecule has 1 aromatic carbocycles. The highest BCUT2D eigenvalue weighted by molar-refractivity contribution is 6.35. The zero-order chi connectivity index (χ0) is 25.2. The van der Waals surface area contributed by atoms with Crippen molar-refractivity contribution < 1.29 is 23.9 Å². The number of nitrogens with one attached hydrogen (secondary N) is 1. The van der Waals surface area contributed by atoms with E-state index in [2.05, 4.69) is 19.2 Å². The number of benzene rings is 1. The van der Waals surface area contributed by atoms with Crippen LogP contribution in [-0.2, 0) is 14.3 Å². The quantitative estimate of drug-likeness (QED) is 0.233. The Labute approximate surface area is 203 Å². The highest BCUT2D eigenvalue weighted by atomic mass is 35.5. The third kappa shape index (κ3) is 8.84. The molecule has 0 heterocycles. The van der Waals surface area contributed by atoms with Crippen LogP contribution in [0.5, 0.6) is 0 Å². The molecule has 0 unspecified atom stereocenters. The van der Waals surface area contributed by atoms with Crippen LogP contribution in [0.25, 0.3) is 0 Å². The zero-order valence-corrected chi connectivity index (χ0v) is 22.0. The molecule has 0 fully saturated rings. The number of Topliss-reactive ketones (excluding diaryl/α,β-unsaturated/α-hetero) is 2. The fourth-order valence-corrected chi connectivity index (χ4v) is 3.49. The number of rotatable bonds is 15. The van der Waals surface area contributed by atoms with E-state index in [1.807, 2.05) is 0 Å². The van der Waals surface area contributed by atoms with Crippen LogP contribution in [0.3, 0.4) is 0 Å². The summed E-state index contributed by atoms with van der Waals surface area (Å²) in [7, 11) is 0. The molecule has 0 aliphatic rings. The molecule has 1 rings (SSSR count). The summed E-state index contributed by atoms with van der Waals surface area (Å²) in [6.45, 7) is 14.3. The number of carbonyl (C=O) groups excluding carboxylic acids is 3. The normalized spacial score (nSPS) is 12.0. The lowest BCUT2D eigenvalue weighted by Crippen LogP contribution is -2.32. The number of unbranched alkanes of at least 4 members (excludes halogenated alkanes) is 2. The van der Waals surface area contributed by atoms with Gasteiger partial charge in [0, 0.05) is 31.3 Å². The number of hydrogen-bond acceptors (Lipinski definition) is 5. The largest absolute Gasteiger partial charge is 0.380 e. The summed E-state index contributed by atoms with van der Waals surface area (Å²) in [5.41, 5.74) is -0.874. The summed E-state index contributed by atoms with van der Waals surface area (Å²) in [4.78, 5) is 38.5. The Morgan fingerprint density at radius 2 is 1.30 bits per heavy atom. The second-order valence-electron chi connectivity index (χ2n) is 9.80. The van der Waals surface area contributed by atoms with Crippen LogP contribution in [0, 0.1) is 10.8 Å². The third-order valence-electron chi connectivity index (χ3n) is 5.35. The predicted octanol–water partition coefficient (Wildman–Crippen LogP) is 6.35. The molecule has 0 aliphatic carbocycles. The van der Waals surface area contributed by atoms with Crippen LogP contribution < -0.4 is 5.32 Å². The minimum Gasteiger partial charge on any atom is -0.380 e. The van der Waals surface area contributed by atoms with Gasteiger partial charge in [0.15, 0.2) is 11.6 Å². The molecule has 1 N–H and O–H groups in total. The van der Waals surface area contributed by atoms with Crippen LogP contribution in [0.1, 0.15) is 94.9 Å². The number of carbonyl (C=O) groups is 3. The fraction of sp³-hybridized carbons (Fsp3) is 0.654. The summed E-state index contributed by atoms with van der Waals surface area (Å²) >= 11 is 6.50. The van der Waals surface area contributed by atoms with Crippen LogP contribution in [0.4, 0.5) is 5.69 Å². The van der Waals surface area contributed by atoms with E-state index >= 15 is 0 Å².